The van der Waals surface area contributed by atoms with Crippen LogP contribution in [0.1, 0.15) is 66.0 Å². The van der Waals surface area contributed by atoms with E-state index in [1.807, 2.05) is 54.6 Å². The van der Waals surface area contributed by atoms with Crippen LogP contribution < -0.4 is 10.1 Å². The number of carboxylic acid groups (broad SMARTS) is 1. The number of halogens is 4. The lowest BCUT2D eigenvalue weighted by Crippen LogP contribution is -2.51. The van der Waals surface area contributed by atoms with Crippen molar-refractivity contribution in [3.63, 3.8) is 0 Å². The Bertz CT molecular complexity index is 1870. The molecule has 266 valence electrons. The molecule has 1 saturated carbocycles. The van der Waals surface area contributed by atoms with Gasteiger partial charge < -0.3 is 20.1 Å². The lowest BCUT2D eigenvalue weighted by molar-refractivity contribution is -0.145. The van der Waals surface area contributed by atoms with Gasteiger partial charge in [-0.15, -0.1) is 0 Å². The Morgan fingerprint density at radius 1 is 0.902 bits per heavy atom. The fourth-order valence-corrected chi connectivity index (χ4v) is 7.03. The van der Waals surface area contributed by atoms with Gasteiger partial charge in [0.25, 0.3) is 0 Å². The summed E-state index contributed by atoms with van der Waals surface area (Å²) in [5, 5.41) is 12.8. The number of hydrogen-bond donors (Lipinski definition) is 2. The smallest absolute Gasteiger partial charge is 0.419 e. The summed E-state index contributed by atoms with van der Waals surface area (Å²) in [6.45, 7) is -0.273. The Labute approximate surface area is 293 Å². The highest BCUT2D eigenvalue weighted by Gasteiger charge is 2.39. The molecular weight excluding hydrogens is 664 g/mol. The summed E-state index contributed by atoms with van der Waals surface area (Å²) in [5.41, 5.74) is 2.11. The van der Waals surface area contributed by atoms with Crippen molar-refractivity contribution in [3.05, 3.63) is 125 Å². The monoisotopic (exact) mass is 702 g/mol. The van der Waals surface area contributed by atoms with Crippen LogP contribution in [0.4, 0.5) is 17.6 Å². The van der Waals surface area contributed by atoms with Gasteiger partial charge in [-0.3, -0.25) is 9.59 Å². The molecule has 0 spiro atoms. The van der Waals surface area contributed by atoms with Gasteiger partial charge in [0.15, 0.2) is 0 Å². The molecule has 0 radical (unpaired) electrons. The highest BCUT2D eigenvalue weighted by molar-refractivity contribution is 5.92. The van der Waals surface area contributed by atoms with Crippen LogP contribution in [0.3, 0.4) is 0 Å². The minimum Gasteiger partial charge on any atom is -0.489 e. The standard InChI is InChI=1S/C40H38F4N2O5/c41-36-30(11-6-12-33(36)40(42,43)44)24-51-31-18-17-29-19-20-46(35(47)22-25-7-4-5-8-25)37(32(29)23-31)38(48)45-34(39(49)50)21-26-13-15-28(16-14-26)27-9-2-1-3-10-27/h1-3,6,9-18,23,25,34,37H,4-5,7-8,19-22,24H2,(H,45,48)(H,49,50)/t34-,37?/m0/s1. The van der Waals surface area contributed by atoms with Crippen molar-refractivity contribution in [1.82, 2.24) is 10.2 Å². The average molecular weight is 703 g/mol. The number of carbonyl (C=O) groups excluding carboxylic acids is 2. The van der Waals surface area contributed by atoms with Crippen LogP contribution in [0.5, 0.6) is 5.75 Å². The Morgan fingerprint density at radius 3 is 2.29 bits per heavy atom. The fraction of sp³-hybridized carbons (Fsp3) is 0.325. The van der Waals surface area contributed by atoms with Gasteiger partial charge in [-0.2, -0.15) is 13.2 Å². The maximum absolute atomic E-state index is 14.7. The van der Waals surface area contributed by atoms with Gasteiger partial charge in [0.2, 0.25) is 11.8 Å². The second-order valence-electron chi connectivity index (χ2n) is 13.2. The van der Waals surface area contributed by atoms with Gasteiger partial charge in [0, 0.05) is 24.9 Å². The Kier molecular flexibility index (Phi) is 10.7. The van der Waals surface area contributed by atoms with E-state index >= 15 is 0 Å². The molecule has 2 aliphatic rings. The van der Waals surface area contributed by atoms with Gasteiger partial charge in [-0.1, -0.05) is 85.6 Å². The zero-order valence-corrected chi connectivity index (χ0v) is 27.8. The molecule has 0 saturated heterocycles. The summed E-state index contributed by atoms with van der Waals surface area (Å²) in [6.07, 6.45) is -0.288. The van der Waals surface area contributed by atoms with Crippen molar-refractivity contribution in [2.45, 2.75) is 69.8 Å². The maximum atomic E-state index is 14.7. The van der Waals surface area contributed by atoms with E-state index in [0.29, 0.717) is 23.6 Å². The van der Waals surface area contributed by atoms with E-state index in [1.165, 1.54) is 17.0 Å². The minimum atomic E-state index is -4.87. The number of amides is 2. The molecule has 7 nitrogen and oxygen atoms in total. The topological polar surface area (TPSA) is 95.9 Å². The lowest BCUT2D eigenvalue weighted by Gasteiger charge is -2.37. The third-order valence-electron chi connectivity index (χ3n) is 9.75. The average Bonchev–Trinajstić information content (AvgIpc) is 3.63. The fourth-order valence-electron chi connectivity index (χ4n) is 7.03. The quantitative estimate of drug-likeness (QED) is 0.155. The van der Waals surface area contributed by atoms with Crippen molar-refractivity contribution in [1.29, 1.82) is 0 Å². The first-order chi connectivity index (χ1) is 24.5. The number of benzene rings is 4. The van der Waals surface area contributed by atoms with Gasteiger partial charge >= 0.3 is 12.1 Å². The third kappa shape index (κ3) is 8.41. The molecule has 11 heteroatoms. The van der Waals surface area contributed by atoms with Crippen LogP contribution in [-0.4, -0.2) is 40.4 Å². The Hall–Kier alpha value is -5.19. The molecule has 4 aromatic rings. The molecule has 1 heterocycles. The second kappa shape index (κ2) is 15.4. The molecule has 6 rings (SSSR count). The first-order valence-corrected chi connectivity index (χ1v) is 17.0. The van der Waals surface area contributed by atoms with Crippen LogP contribution >= 0.6 is 0 Å². The van der Waals surface area contributed by atoms with E-state index in [-0.39, 0.29) is 42.5 Å². The van der Waals surface area contributed by atoms with Crippen LogP contribution in [-0.2, 0) is 40.0 Å². The number of carboxylic acids is 1. The SMILES string of the molecule is O=C(N[C@@H](Cc1ccc(-c2ccccc2)cc1)C(=O)O)C1c2cc(OCc3cccc(C(F)(F)F)c3F)ccc2CCN1C(=O)CC1CCCC1. The number of nitrogens with one attached hydrogen (secondary N) is 1. The summed E-state index contributed by atoms with van der Waals surface area (Å²) in [6, 6.07) is 22.4. The Morgan fingerprint density at radius 2 is 1.61 bits per heavy atom. The predicted molar refractivity (Wildman–Crippen MR) is 182 cm³/mol. The van der Waals surface area contributed by atoms with E-state index in [4.69, 9.17) is 4.74 Å². The van der Waals surface area contributed by atoms with Crippen molar-refractivity contribution in [3.8, 4) is 16.9 Å². The Balaban J connectivity index is 1.25. The number of alkyl halides is 3. The number of ether oxygens (including phenoxy) is 1. The first-order valence-electron chi connectivity index (χ1n) is 17.0. The van der Waals surface area contributed by atoms with Gasteiger partial charge in [0.05, 0.1) is 5.56 Å². The van der Waals surface area contributed by atoms with Gasteiger partial charge in [-0.05, 0) is 71.2 Å². The molecule has 0 bridgehead atoms. The summed E-state index contributed by atoms with van der Waals surface area (Å²) < 4.78 is 60.3. The largest absolute Gasteiger partial charge is 0.489 e. The lowest BCUT2D eigenvalue weighted by atomic mass is 9.90. The molecule has 0 aromatic heterocycles. The van der Waals surface area contributed by atoms with E-state index < -0.39 is 48.1 Å². The summed E-state index contributed by atoms with van der Waals surface area (Å²) in [7, 11) is 0. The van der Waals surface area contributed by atoms with E-state index in [9.17, 15) is 37.1 Å². The number of hydrogen-bond acceptors (Lipinski definition) is 4. The van der Waals surface area contributed by atoms with Crippen molar-refractivity contribution in [2.75, 3.05) is 6.54 Å². The van der Waals surface area contributed by atoms with E-state index in [0.717, 1.165) is 48.4 Å². The first kappa shape index (κ1) is 35.6. The highest BCUT2D eigenvalue weighted by Crippen LogP contribution is 2.37. The van der Waals surface area contributed by atoms with E-state index in [1.54, 1.807) is 12.1 Å². The summed E-state index contributed by atoms with van der Waals surface area (Å²) in [5.74, 6) is -3.21. The molecule has 1 aliphatic carbocycles. The normalized spacial score (nSPS) is 16.7. The maximum Gasteiger partial charge on any atom is 0.419 e. The number of aliphatic carboxylic acids is 1. The molecular formula is C40H38F4N2O5. The highest BCUT2D eigenvalue weighted by atomic mass is 19.4. The molecule has 2 amide bonds. The van der Waals surface area contributed by atoms with Crippen LogP contribution in [0.25, 0.3) is 11.1 Å². The molecule has 2 atom stereocenters. The minimum absolute atomic E-state index is 0.00253. The summed E-state index contributed by atoms with van der Waals surface area (Å²) >= 11 is 0. The number of fused-ring (bicyclic) bond motifs is 1. The zero-order chi connectivity index (χ0) is 36.1. The molecule has 1 aliphatic heterocycles. The molecule has 51 heavy (non-hydrogen) atoms. The second-order valence-corrected chi connectivity index (χ2v) is 13.2. The van der Waals surface area contributed by atoms with Crippen molar-refractivity contribution >= 4 is 17.8 Å². The molecule has 1 unspecified atom stereocenters. The molecule has 1 fully saturated rings. The van der Waals surface area contributed by atoms with Crippen LogP contribution in [0.2, 0.25) is 0 Å². The van der Waals surface area contributed by atoms with Gasteiger partial charge in [0.1, 0.15) is 30.3 Å². The van der Waals surface area contributed by atoms with Crippen molar-refractivity contribution in [2.24, 2.45) is 5.92 Å². The molecule has 2 N–H and O–H groups in total. The third-order valence-corrected chi connectivity index (χ3v) is 9.75. The van der Waals surface area contributed by atoms with Crippen LogP contribution in [0.15, 0.2) is 91.0 Å². The van der Waals surface area contributed by atoms with Crippen LogP contribution in [0, 0.1) is 11.7 Å². The number of rotatable bonds is 11. The molecule has 4 aromatic carbocycles. The zero-order valence-electron chi connectivity index (χ0n) is 27.8. The van der Waals surface area contributed by atoms with E-state index in [2.05, 4.69) is 5.32 Å². The number of nitrogens with zero attached hydrogens (tertiary/aromatic N) is 1. The predicted octanol–water partition coefficient (Wildman–Crippen LogP) is 7.91. The van der Waals surface area contributed by atoms with Gasteiger partial charge in [-0.25, -0.2) is 9.18 Å². The van der Waals surface area contributed by atoms with Crippen molar-refractivity contribution < 1.29 is 41.8 Å². The summed E-state index contributed by atoms with van der Waals surface area (Å²) in [4.78, 5) is 41.9. The number of carbonyl (C=O) groups is 3.